The molecule has 0 spiro atoms. The van der Waals surface area contributed by atoms with Gasteiger partial charge < -0.3 is 9.47 Å². The number of carbonyl (C=O) groups excluding carboxylic acids is 1. The monoisotopic (exact) mass is 297 g/mol. The Kier molecular flexibility index (Phi) is 6.06. The molecule has 0 amide bonds. The molecule has 2 aliphatic heterocycles. The van der Waals surface area contributed by atoms with Crippen molar-refractivity contribution in [3.8, 4) is 0 Å². The molecule has 2 heterocycles. The molecule has 0 aromatic carbocycles. The zero-order valence-corrected chi connectivity index (χ0v) is 13.9. The van der Waals surface area contributed by atoms with Crippen LogP contribution >= 0.6 is 0 Å². The van der Waals surface area contributed by atoms with Gasteiger partial charge in [-0.15, -0.1) is 0 Å². The Balaban J connectivity index is 2.17. The number of ether oxygens (including phenoxy) is 2. The van der Waals surface area contributed by atoms with Gasteiger partial charge in [-0.25, -0.2) is 0 Å². The molecule has 122 valence electrons. The van der Waals surface area contributed by atoms with Crippen molar-refractivity contribution in [1.82, 2.24) is 4.90 Å². The standard InChI is InChI=1S/C17H31NO3/c1-4-20-16(19)13-17(11-14(2)21-15(3)12-17)18-9-7-5-6-8-10-18/h14-15H,4-13H2,1-3H3. The zero-order chi connectivity index (χ0) is 15.3. The zero-order valence-electron chi connectivity index (χ0n) is 13.9. The minimum Gasteiger partial charge on any atom is -0.466 e. The van der Waals surface area contributed by atoms with Gasteiger partial charge in [-0.05, 0) is 59.5 Å². The second-order valence-electron chi connectivity index (χ2n) is 6.77. The SMILES string of the molecule is CCOC(=O)CC1(N2CCCCCC2)CC(C)OC(C)C1. The summed E-state index contributed by atoms with van der Waals surface area (Å²) in [6.07, 6.45) is 7.94. The van der Waals surface area contributed by atoms with Gasteiger partial charge in [0.05, 0.1) is 25.2 Å². The lowest BCUT2D eigenvalue weighted by Crippen LogP contribution is -2.57. The first-order valence-corrected chi connectivity index (χ1v) is 8.62. The van der Waals surface area contributed by atoms with Crippen LogP contribution in [0.15, 0.2) is 0 Å². The molecule has 0 aliphatic carbocycles. The summed E-state index contributed by atoms with van der Waals surface area (Å²) in [5.41, 5.74) is -0.0618. The summed E-state index contributed by atoms with van der Waals surface area (Å²) in [6, 6.07) is 0. The molecule has 2 aliphatic rings. The minimum absolute atomic E-state index is 0.0527. The number of esters is 1. The Labute approximate surface area is 129 Å². The van der Waals surface area contributed by atoms with E-state index in [1.807, 2.05) is 6.92 Å². The van der Waals surface area contributed by atoms with Crippen LogP contribution in [0.2, 0.25) is 0 Å². The van der Waals surface area contributed by atoms with E-state index in [1.165, 1.54) is 25.7 Å². The first-order valence-electron chi connectivity index (χ1n) is 8.62. The van der Waals surface area contributed by atoms with Crippen molar-refractivity contribution in [1.29, 1.82) is 0 Å². The molecule has 0 radical (unpaired) electrons. The lowest BCUT2D eigenvalue weighted by molar-refractivity contribution is -0.154. The van der Waals surface area contributed by atoms with E-state index in [0.29, 0.717) is 13.0 Å². The highest BCUT2D eigenvalue weighted by molar-refractivity contribution is 5.71. The van der Waals surface area contributed by atoms with Crippen molar-refractivity contribution in [3.63, 3.8) is 0 Å². The number of rotatable bonds is 4. The maximum absolute atomic E-state index is 12.2. The second-order valence-corrected chi connectivity index (χ2v) is 6.77. The Bertz CT molecular complexity index is 327. The fourth-order valence-electron chi connectivity index (χ4n) is 4.19. The lowest BCUT2D eigenvalue weighted by atomic mass is 9.79. The molecule has 0 saturated carbocycles. The Morgan fingerprint density at radius 3 is 2.24 bits per heavy atom. The van der Waals surface area contributed by atoms with Crippen LogP contribution in [0.4, 0.5) is 0 Å². The molecule has 0 N–H and O–H groups in total. The summed E-state index contributed by atoms with van der Waals surface area (Å²) < 4.78 is 11.2. The van der Waals surface area contributed by atoms with E-state index in [9.17, 15) is 4.79 Å². The first kappa shape index (κ1) is 16.8. The van der Waals surface area contributed by atoms with Crippen LogP contribution in [-0.2, 0) is 14.3 Å². The number of nitrogens with zero attached hydrogens (tertiary/aromatic N) is 1. The molecule has 2 fully saturated rings. The number of carbonyl (C=O) groups is 1. The van der Waals surface area contributed by atoms with E-state index in [0.717, 1.165) is 25.9 Å². The van der Waals surface area contributed by atoms with E-state index in [2.05, 4.69) is 18.7 Å². The largest absolute Gasteiger partial charge is 0.466 e. The van der Waals surface area contributed by atoms with Crippen molar-refractivity contribution in [2.45, 2.75) is 83.5 Å². The average Bonchev–Trinajstić information content (AvgIpc) is 2.66. The maximum atomic E-state index is 12.2. The fraction of sp³-hybridized carbons (Fsp3) is 0.941. The summed E-state index contributed by atoms with van der Waals surface area (Å²) in [5.74, 6) is -0.0527. The third-order valence-corrected chi connectivity index (χ3v) is 4.86. The van der Waals surface area contributed by atoms with Gasteiger partial charge in [-0.2, -0.15) is 0 Å². The highest BCUT2D eigenvalue weighted by atomic mass is 16.5. The fourth-order valence-corrected chi connectivity index (χ4v) is 4.19. The summed E-state index contributed by atoms with van der Waals surface area (Å²) in [5, 5.41) is 0. The smallest absolute Gasteiger partial charge is 0.307 e. The predicted molar refractivity (Wildman–Crippen MR) is 83.3 cm³/mol. The summed E-state index contributed by atoms with van der Waals surface area (Å²) >= 11 is 0. The van der Waals surface area contributed by atoms with Crippen molar-refractivity contribution in [2.24, 2.45) is 0 Å². The lowest BCUT2D eigenvalue weighted by Gasteiger charge is -2.49. The summed E-state index contributed by atoms with van der Waals surface area (Å²) in [6.45, 7) is 8.83. The topological polar surface area (TPSA) is 38.8 Å². The van der Waals surface area contributed by atoms with Gasteiger partial charge in [0.2, 0.25) is 0 Å². The first-order chi connectivity index (χ1) is 10.1. The van der Waals surface area contributed by atoms with Gasteiger partial charge in [0.25, 0.3) is 0 Å². The van der Waals surface area contributed by atoms with Crippen LogP contribution in [0.5, 0.6) is 0 Å². The number of likely N-dealkylation sites (tertiary alicyclic amines) is 1. The molecule has 2 rings (SSSR count). The Hall–Kier alpha value is -0.610. The molecule has 0 aromatic rings. The molecular weight excluding hydrogens is 266 g/mol. The predicted octanol–water partition coefficient (Wildman–Crippen LogP) is 3.14. The Morgan fingerprint density at radius 2 is 1.71 bits per heavy atom. The average molecular weight is 297 g/mol. The molecule has 4 heteroatoms. The van der Waals surface area contributed by atoms with Gasteiger partial charge in [-0.3, -0.25) is 9.69 Å². The van der Waals surface area contributed by atoms with Crippen LogP contribution in [0.1, 0.15) is 65.7 Å². The van der Waals surface area contributed by atoms with Crippen LogP contribution in [0, 0.1) is 0 Å². The van der Waals surface area contributed by atoms with E-state index in [4.69, 9.17) is 9.47 Å². The van der Waals surface area contributed by atoms with Gasteiger partial charge in [0.15, 0.2) is 0 Å². The van der Waals surface area contributed by atoms with Gasteiger partial charge in [0.1, 0.15) is 0 Å². The normalized spacial score (nSPS) is 35.2. The van der Waals surface area contributed by atoms with Crippen molar-refractivity contribution in [2.75, 3.05) is 19.7 Å². The third kappa shape index (κ3) is 4.43. The van der Waals surface area contributed by atoms with Crippen molar-refractivity contribution in [3.05, 3.63) is 0 Å². The second kappa shape index (κ2) is 7.59. The number of hydrogen-bond acceptors (Lipinski definition) is 4. The highest BCUT2D eigenvalue weighted by Gasteiger charge is 2.44. The quantitative estimate of drug-likeness (QED) is 0.747. The molecule has 0 bridgehead atoms. The molecular formula is C17H31NO3. The molecule has 21 heavy (non-hydrogen) atoms. The van der Waals surface area contributed by atoms with Crippen LogP contribution in [0.25, 0.3) is 0 Å². The molecule has 4 nitrogen and oxygen atoms in total. The summed E-state index contributed by atoms with van der Waals surface area (Å²) in [4.78, 5) is 14.7. The number of hydrogen-bond donors (Lipinski definition) is 0. The maximum Gasteiger partial charge on any atom is 0.307 e. The van der Waals surface area contributed by atoms with Crippen LogP contribution in [-0.4, -0.2) is 48.3 Å². The molecule has 2 unspecified atom stereocenters. The third-order valence-electron chi connectivity index (χ3n) is 4.86. The molecule has 2 atom stereocenters. The highest BCUT2D eigenvalue weighted by Crippen LogP contribution is 2.38. The van der Waals surface area contributed by atoms with E-state index >= 15 is 0 Å². The van der Waals surface area contributed by atoms with Crippen LogP contribution in [0.3, 0.4) is 0 Å². The molecule has 0 aromatic heterocycles. The summed E-state index contributed by atoms with van der Waals surface area (Å²) in [7, 11) is 0. The van der Waals surface area contributed by atoms with Gasteiger partial charge in [0, 0.05) is 5.54 Å². The molecule has 2 saturated heterocycles. The van der Waals surface area contributed by atoms with E-state index in [1.54, 1.807) is 0 Å². The Morgan fingerprint density at radius 1 is 1.14 bits per heavy atom. The van der Waals surface area contributed by atoms with Crippen molar-refractivity contribution >= 4 is 5.97 Å². The van der Waals surface area contributed by atoms with Gasteiger partial charge in [-0.1, -0.05) is 12.8 Å². The van der Waals surface area contributed by atoms with Gasteiger partial charge >= 0.3 is 5.97 Å². The van der Waals surface area contributed by atoms with E-state index in [-0.39, 0.29) is 23.7 Å². The van der Waals surface area contributed by atoms with Crippen LogP contribution < -0.4 is 0 Å². The van der Waals surface area contributed by atoms with E-state index < -0.39 is 0 Å². The van der Waals surface area contributed by atoms with Crippen molar-refractivity contribution < 1.29 is 14.3 Å². The minimum atomic E-state index is -0.0618.